The van der Waals surface area contributed by atoms with Crippen LogP contribution < -0.4 is 4.90 Å². The van der Waals surface area contributed by atoms with Gasteiger partial charge in [-0.2, -0.15) is 0 Å². The Hall–Kier alpha value is -3.24. The number of hydrogen-bond donors (Lipinski definition) is 0. The van der Waals surface area contributed by atoms with Gasteiger partial charge in [-0.3, -0.25) is 4.90 Å². The molecule has 9 heteroatoms. The van der Waals surface area contributed by atoms with Crippen molar-refractivity contribution in [3.63, 3.8) is 0 Å². The first-order chi connectivity index (χ1) is 22.7. The van der Waals surface area contributed by atoms with Crippen molar-refractivity contribution in [3.8, 4) is 22.5 Å². The third kappa shape index (κ3) is 6.73. The standard InChI is InChI=1S/C38H49N5O3S/c1-27(2)41-19-21-43(22-20-41)32-9-5-28(6-10-32)31-25-35(29-13-17-42(18-14-29)33-15-23-46-24-16-33)37-36(26-31)40(3)38(39-37)30-7-11-34(12-8-30)47(4,44)45/h5-12,25-27,29,33H,13-24H2,1-4H3. The van der Waals surface area contributed by atoms with Crippen LogP contribution in [0.1, 0.15) is 51.0 Å². The van der Waals surface area contributed by atoms with Gasteiger partial charge in [0.25, 0.3) is 0 Å². The Morgan fingerprint density at radius 1 is 0.787 bits per heavy atom. The lowest BCUT2D eigenvalue weighted by Crippen LogP contribution is -2.48. The summed E-state index contributed by atoms with van der Waals surface area (Å²) >= 11 is 0. The Morgan fingerprint density at radius 2 is 1.43 bits per heavy atom. The molecule has 1 aromatic heterocycles. The Balaban J connectivity index is 1.22. The van der Waals surface area contributed by atoms with E-state index in [1.807, 2.05) is 12.1 Å². The van der Waals surface area contributed by atoms with E-state index in [-0.39, 0.29) is 0 Å². The average molecular weight is 656 g/mol. The molecular formula is C38H49N5O3S. The number of benzene rings is 3. The zero-order valence-electron chi connectivity index (χ0n) is 28.4. The summed E-state index contributed by atoms with van der Waals surface area (Å²) in [5, 5.41) is 0. The van der Waals surface area contributed by atoms with Crippen LogP contribution in [0.5, 0.6) is 0 Å². The lowest BCUT2D eigenvalue weighted by molar-refractivity contribution is 0.0252. The number of anilines is 1. The molecule has 0 spiro atoms. The first-order valence-electron chi connectivity index (χ1n) is 17.4. The number of aryl methyl sites for hydroxylation is 1. The predicted molar refractivity (Wildman–Crippen MR) is 191 cm³/mol. The predicted octanol–water partition coefficient (Wildman–Crippen LogP) is 6.20. The second-order valence-electron chi connectivity index (χ2n) is 14.0. The molecule has 0 amide bonds. The maximum absolute atomic E-state index is 12.1. The zero-order valence-corrected chi connectivity index (χ0v) is 29.2. The third-order valence-electron chi connectivity index (χ3n) is 10.8. The fourth-order valence-corrected chi connectivity index (χ4v) is 8.52. The van der Waals surface area contributed by atoms with Crippen LogP contribution in [0, 0.1) is 0 Å². The number of piperidine rings is 1. The Labute approximate surface area is 280 Å². The van der Waals surface area contributed by atoms with Crippen molar-refractivity contribution in [1.29, 1.82) is 0 Å². The van der Waals surface area contributed by atoms with Crippen molar-refractivity contribution in [2.45, 2.75) is 62.4 Å². The number of imidazole rings is 1. The minimum atomic E-state index is -3.27. The highest BCUT2D eigenvalue weighted by molar-refractivity contribution is 7.90. The van der Waals surface area contributed by atoms with E-state index in [1.165, 1.54) is 28.6 Å². The topological polar surface area (TPSA) is 70.9 Å². The van der Waals surface area contributed by atoms with Crippen molar-refractivity contribution >= 4 is 26.6 Å². The number of fused-ring (bicyclic) bond motifs is 1. The molecule has 0 radical (unpaired) electrons. The number of nitrogens with zero attached hydrogens (tertiary/aromatic N) is 5. The van der Waals surface area contributed by atoms with Crippen molar-refractivity contribution in [2.24, 2.45) is 7.05 Å². The highest BCUT2D eigenvalue weighted by Gasteiger charge is 2.29. The maximum atomic E-state index is 12.1. The quantitative estimate of drug-likeness (QED) is 0.235. The molecule has 0 atom stereocenters. The van der Waals surface area contributed by atoms with E-state index in [1.54, 1.807) is 12.1 Å². The average Bonchev–Trinajstić information content (AvgIpc) is 3.44. The number of aromatic nitrogens is 2. The van der Waals surface area contributed by atoms with Crippen LogP contribution in [0.15, 0.2) is 65.6 Å². The van der Waals surface area contributed by atoms with Gasteiger partial charge in [0.2, 0.25) is 0 Å². The van der Waals surface area contributed by atoms with Gasteiger partial charge in [-0.15, -0.1) is 0 Å². The summed E-state index contributed by atoms with van der Waals surface area (Å²) < 4.78 is 32.1. The molecule has 0 saturated carbocycles. The van der Waals surface area contributed by atoms with Crippen molar-refractivity contribution < 1.29 is 13.2 Å². The van der Waals surface area contributed by atoms with Gasteiger partial charge in [0.1, 0.15) is 5.82 Å². The summed E-state index contributed by atoms with van der Waals surface area (Å²) in [6.07, 6.45) is 5.75. The van der Waals surface area contributed by atoms with Gasteiger partial charge in [-0.05, 0) is 124 Å². The van der Waals surface area contributed by atoms with Gasteiger partial charge >= 0.3 is 0 Å². The van der Waals surface area contributed by atoms with Crippen LogP contribution in [-0.2, 0) is 21.6 Å². The molecule has 3 fully saturated rings. The van der Waals surface area contributed by atoms with Crippen LogP contribution in [-0.4, -0.2) is 98.6 Å². The molecule has 4 aromatic rings. The second-order valence-corrected chi connectivity index (χ2v) is 16.1. The van der Waals surface area contributed by atoms with E-state index in [2.05, 4.69) is 76.6 Å². The van der Waals surface area contributed by atoms with E-state index >= 15 is 0 Å². The van der Waals surface area contributed by atoms with E-state index in [0.717, 1.165) is 101 Å². The van der Waals surface area contributed by atoms with Crippen LogP contribution in [0.2, 0.25) is 0 Å². The fraction of sp³-hybridized carbons (Fsp3) is 0.500. The molecule has 3 aliphatic rings. The summed E-state index contributed by atoms with van der Waals surface area (Å²) in [5.74, 6) is 1.29. The van der Waals surface area contributed by atoms with Gasteiger partial charge < -0.3 is 19.1 Å². The molecule has 3 aliphatic heterocycles. The molecule has 250 valence electrons. The highest BCUT2D eigenvalue weighted by atomic mass is 32.2. The molecule has 0 N–H and O–H groups in total. The summed E-state index contributed by atoms with van der Waals surface area (Å²) in [7, 11) is -1.19. The number of hydrogen-bond acceptors (Lipinski definition) is 7. The van der Waals surface area contributed by atoms with Crippen LogP contribution in [0.25, 0.3) is 33.5 Å². The normalized spacial score (nSPS) is 19.6. The van der Waals surface area contributed by atoms with Crippen molar-refractivity contribution in [1.82, 2.24) is 19.4 Å². The molecule has 7 rings (SSSR count). The maximum Gasteiger partial charge on any atom is 0.175 e. The minimum absolute atomic E-state index is 0.324. The van der Waals surface area contributed by atoms with Gasteiger partial charge in [0.05, 0.1) is 15.9 Å². The van der Waals surface area contributed by atoms with Crippen LogP contribution >= 0.6 is 0 Å². The Bertz CT molecular complexity index is 1790. The number of piperazine rings is 1. The second kappa shape index (κ2) is 13.3. The van der Waals surface area contributed by atoms with Crippen LogP contribution in [0.4, 0.5) is 5.69 Å². The molecule has 3 aromatic carbocycles. The summed E-state index contributed by atoms with van der Waals surface area (Å²) in [5.41, 5.74) is 8.14. The number of sulfone groups is 1. The molecule has 3 saturated heterocycles. The lowest BCUT2D eigenvalue weighted by Gasteiger charge is -2.39. The van der Waals surface area contributed by atoms with E-state index in [0.29, 0.717) is 22.9 Å². The summed E-state index contributed by atoms with van der Waals surface area (Å²) in [4.78, 5) is 13.3. The Morgan fingerprint density at radius 3 is 2.04 bits per heavy atom. The minimum Gasteiger partial charge on any atom is -0.381 e. The zero-order chi connectivity index (χ0) is 32.7. The SMILES string of the molecule is CC(C)N1CCN(c2ccc(-c3cc(C4CCN(C5CCOCC5)CC4)c4nc(-c5ccc(S(C)(=O)=O)cc5)n(C)c4c3)cc2)CC1. The molecular weight excluding hydrogens is 607 g/mol. The molecule has 4 heterocycles. The van der Waals surface area contributed by atoms with Crippen molar-refractivity contribution in [3.05, 3.63) is 66.2 Å². The third-order valence-corrected chi connectivity index (χ3v) is 12.0. The van der Waals surface area contributed by atoms with Gasteiger partial charge in [0.15, 0.2) is 9.84 Å². The van der Waals surface area contributed by atoms with Gasteiger partial charge in [-0.1, -0.05) is 12.1 Å². The highest BCUT2D eigenvalue weighted by Crippen LogP contribution is 2.39. The number of rotatable bonds is 7. The molecule has 8 nitrogen and oxygen atoms in total. The molecule has 47 heavy (non-hydrogen) atoms. The summed E-state index contributed by atoms with van der Waals surface area (Å²) in [6, 6.07) is 22.2. The number of likely N-dealkylation sites (tertiary alicyclic amines) is 1. The smallest absolute Gasteiger partial charge is 0.175 e. The molecule has 0 aliphatic carbocycles. The first-order valence-corrected chi connectivity index (χ1v) is 19.3. The number of ether oxygens (including phenoxy) is 1. The summed E-state index contributed by atoms with van der Waals surface area (Å²) in [6.45, 7) is 12.9. The van der Waals surface area contributed by atoms with E-state index in [9.17, 15) is 8.42 Å². The van der Waals surface area contributed by atoms with Crippen LogP contribution in [0.3, 0.4) is 0 Å². The van der Waals surface area contributed by atoms with Gasteiger partial charge in [-0.25, -0.2) is 13.4 Å². The lowest BCUT2D eigenvalue weighted by atomic mass is 9.86. The van der Waals surface area contributed by atoms with Gasteiger partial charge in [0, 0.05) is 76.0 Å². The molecule has 0 unspecified atom stereocenters. The Kier molecular flexibility index (Phi) is 9.17. The largest absolute Gasteiger partial charge is 0.381 e. The van der Waals surface area contributed by atoms with E-state index in [4.69, 9.17) is 9.72 Å². The monoisotopic (exact) mass is 655 g/mol. The van der Waals surface area contributed by atoms with E-state index < -0.39 is 9.84 Å². The first kappa shape index (κ1) is 32.3. The molecule has 0 bridgehead atoms. The fourth-order valence-electron chi connectivity index (χ4n) is 7.89. The van der Waals surface area contributed by atoms with Crippen molar-refractivity contribution in [2.75, 3.05) is 63.6 Å².